The summed E-state index contributed by atoms with van der Waals surface area (Å²) < 4.78 is 11.3. The molecule has 4 aliphatic carbocycles. The van der Waals surface area contributed by atoms with Gasteiger partial charge in [0.1, 0.15) is 28.4 Å². The van der Waals surface area contributed by atoms with Crippen molar-refractivity contribution in [1.82, 2.24) is 5.32 Å². The zero-order valence-electron chi connectivity index (χ0n) is 12.7. The van der Waals surface area contributed by atoms with Crippen LogP contribution in [0, 0.1) is 17.3 Å². The van der Waals surface area contributed by atoms with Gasteiger partial charge in [0.25, 0.3) is 0 Å². The van der Waals surface area contributed by atoms with E-state index in [0.29, 0.717) is 0 Å². The molecule has 4 aliphatic heterocycles. The maximum atomic E-state index is 11.1. The summed E-state index contributed by atoms with van der Waals surface area (Å²) in [5.74, 6) is -3.99. The molecule has 11 nitrogen and oxygen atoms in total. The molecule has 7 unspecified atom stereocenters. The molecule has 11 heteroatoms. The Labute approximate surface area is 139 Å². The quantitative estimate of drug-likeness (QED) is 0.225. The SMILES string of the molecule is NC1=N[C@@]23C(O)C4C5C(O)(CO)C6OC7(O)O[C@@]65C42[C@H](O)[C@]3(N1)[C@@H]7O. The minimum absolute atomic E-state index is 0.0643. The highest BCUT2D eigenvalue weighted by Gasteiger charge is 3.15. The highest BCUT2D eigenvalue weighted by Crippen LogP contribution is 2.96. The molecule has 4 heterocycles. The highest BCUT2D eigenvalue weighted by atomic mass is 16.9. The molecule has 12 atom stereocenters. The van der Waals surface area contributed by atoms with Crippen LogP contribution < -0.4 is 11.1 Å². The Morgan fingerprint density at radius 2 is 1.92 bits per heavy atom. The Balaban J connectivity index is 1.57. The molecule has 0 radical (unpaired) electrons. The first-order valence-electron chi connectivity index (χ1n) is 8.28. The summed E-state index contributed by atoms with van der Waals surface area (Å²) in [4.78, 5) is 4.34. The third-order valence-corrected chi connectivity index (χ3v) is 8.53. The van der Waals surface area contributed by atoms with E-state index in [2.05, 4.69) is 10.3 Å². The van der Waals surface area contributed by atoms with E-state index in [-0.39, 0.29) is 5.96 Å². The second-order valence-electron chi connectivity index (χ2n) is 8.55. The number of guanidine groups is 1. The number of ether oxygens (including phenoxy) is 2. The van der Waals surface area contributed by atoms with Gasteiger partial charge < -0.3 is 51.2 Å². The highest BCUT2D eigenvalue weighted by molar-refractivity contribution is 5.87. The lowest BCUT2D eigenvalue weighted by Crippen LogP contribution is -3.15. The van der Waals surface area contributed by atoms with Gasteiger partial charge in [-0.05, 0) is 0 Å². The predicted molar refractivity (Wildman–Crippen MR) is 73.3 cm³/mol. The first-order chi connectivity index (χ1) is 11.7. The molecule has 4 saturated carbocycles. The predicted octanol–water partition coefficient (Wildman–Crippen LogP) is -5.72. The van der Waals surface area contributed by atoms with Crippen molar-refractivity contribution in [2.75, 3.05) is 6.61 Å². The third kappa shape index (κ3) is 0.724. The third-order valence-electron chi connectivity index (χ3n) is 8.53. The second kappa shape index (κ2) is 2.98. The number of aliphatic hydroxyl groups excluding tert-OH is 4. The number of hydrogen-bond donors (Lipinski definition) is 8. The first-order valence-corrected chi connectivity index (χ1v) is 8.28. The number of fused-ring (bicyclic) bond motifs is 1. The molecule has 8 rings (SSSR count). The molecule has 136 valence electrons. The average molecular weight is 355 g/mol. The van der Waals surface area contributed by atoms with Gasteiger partial charge in [-0.25, -0.2) is 4.99 Å². The number of nitrogens with zero attached hydrogens (tertiary/aromatic N) is 1. The molecule has 0 aromatic heterocycles. The molecule has 9 N–H and O–H groups in total. The fourth-order valence-electron chi connectivity index (χ4n) is 8.21. The second-order valence-corrected chi connectivity index (χ2v) is 8.55. The number of nitrogens with two attached hydrogens (primary N) is 1. The monoisotopic (exact) mass is 355 g/mol. The summed E-state index contributed by atoms with van der Waals surface area (Å²) in [6.07, 6.45) is -5.39. The summed E-state index contributed by atoms with van der Waals surface area (Å²) in [6.45, 7) is -0.670. The normalized spacial score (nSPS) is 77.9. The van der Waals surface area contributed by atoms with Crippen LogP contribution in [0.2, 0.25) is 0 Å². The van der Waals surface area contributed by atoms with Crippen LogP contribution in [0.5, 0.6) is 0 Å². The Hall–Kier alpha value is -1.05. The van der Waals surface area contributed by atoms with E-state index in [1.165, 1.54) is 0 Å². The number of nitrogens with one attached hydrogen (secondary N) is 1. The van der Waals surface area contributed by atoms with Crippen molar-refractivity contribution in [3.8, 4) is 0 Å². The summed E-state index contributed by atoms with van der Waals surface area (Å²) in [7, 11) is 0. The molecule has 0 aromatic carbocycles. The molecule has 0 amide bonds. The van der Waals surface area contributed by atoms with Crippen molar-refractivity contribution in [1.29, 1.82) is 0 Å². The van der Waals surface area contributed by atoms with Crippen LogP contribution in [0.15, 0.2) is 4.99 Å². The van der Waals surface area contributed by atoms with Gasteiger partial charge in [0.15, 0.2) is 12.1 Å². The molecule has 25 heavy (non-hydrogen) atoms. The number of hydrogen-bond acceptors (Lipinski definition) is 11. The minimum atomic E-state index is -2.53. The van der Waals surface area contributed by atoms with Crippen molar-refractivity contribution in [2.45, 2.75) is 52.7 Å². The van der Waals surface area contributed by atoms with Crippen molar-refractivity contribution in [2.24, 2.45) is 28.0 Å². The van der Waals surface area contributed by atoms with E-state index >= 15 is 0 Å². The number of aliphatic hydroxyl groups is 6. The molecule has 4 bridgehead atoms. The van der Waals surface area contributed by atoms with Gasteiger partial charge >= 0.3 is 5.97 Å². The lowest BCUT2D eigenvalue weighted by atomic mass is 9.10. The van der Waals surface area contributed by atoms with Gasteiger partial charge in [-0.1, -0.05) is 0 Å². The summed E-state index contributed by atoms with van der Waals surface area (Å²) in [5, 5.41) is 67.1. The van der Waals surface area contributed by atoms with Crippen LogP contribution >= 0.6 is 0 Å². The van der Waals surface area contributed by atoms with Crippen molar-refractivity contribution in [3.63, 3.8) is 0 Å². The zero-order chi connectivity index (χ0) is 17.6. The van der Waals surface area contributed by atoms with E-state index < -0.39 is 76.5 Å². The van der Waals surface area contributed by atoms with E-state index in [4.69, 9.17) is 15.2 Å². The van der Waals surface area contributed by atoms with E-state index in [1.807, 2.05) is 0 Å². The maximum absolute atomic E-state index is 11.1. The van der Waals surface area contributed by atoms with Crippen LogP contribution in [-0.4, -0.2) is 95.9 Å². The fraction of sp³-hybridized carbons (Fsp3) is 0.929. The molecule has 3 saturated heterocycles. The van der Waals surface area contributed by atoms with E-state index in [0.717, 1.165) is 0 Å². The Morgan fingerprint density at radius 1 is 1.20 bits per heavy atom. The van der Waals surface area contributed by atoms with Crippen molar-refractivity contribution >= 4 is 5.96 Å². The van der Waals surface area contributed by atoms with Gasteiger partial charge in [-0.15, -0.1) is 0 Å². The Kier molecular flexibility index (Phi) is 1.67. The Bertz CT molecular complexity index is 816. The fourth-order valence-corrected chi connectivity index (χ4v) is 8.21. The van der Waals surface area contributed by atoms with E-state index in [9.17, 15) is 30.6 Å². The van der Waals surface area contributed by atoms with Crippen molar-refractivity contribution in [3.05, 3.63) is 0 Å². The molecular weight excluding hydrogens is 338 g/mol. The van der Waals surface area contributed by atoms with E-state index in [1.54, 1.807) is 0 Å². The maximum Gasteiger partial charge on any atom is 0.311 e. The standard InChI is InChI=1S/C14H17N3O8/c15-8-16-11-5(20)10-2(4(19)13(10,11)17-8)3-9(22,1-18)7-12(3,10)25-14(23,24-7)6(11)21/h2-7,18-23H,1H2,(H3,15,16,17)/t2?,3?,4?,5-,6-,7?,9?,10?,11-,12+,13-,14?/m0/s1. The zero-order valence-corrected chi connectivity index (χ0v) is 12.7. The Morgan fingerprint density at radius 3 is 2.60 bits per heavy atom. The number of rotatable bonds is 1. The average Bonchev–Trinajstić information content (AvgIpc) is 3.02. The topological polar surface area (TPSA) is 190 Å². The van der Waals surface area contributed by atoms with Gasteiger partial charge in [0, 0.05) is 11.8 Å². The molecule has 0 aromatic rings. The lowest BCUT2D eigenvalue weighted by molar-refractivity contribution is -0.544. The van der Waals surface area contributed by atoms with Gasteiger partial charge in [0.2, 0.25) is 0 Å². The minimum Gasteiger partial charge on any atom is -0.393 e. The molecule has 4 spiro atoms. The summed E-state index contributed by atoms with van der Waals surface area (Å²) in [5.41, 5.74) is -1.49. The van der Waals surface area contributed by atoms with Crippen LogP contribution in [0.4, 0.5) is 0 Å². The van der Waals surface area contributed by atoms with Gasteiger partial charge in [0.05, 0.1) is 24.2 Å². The van der Waals surface area contributed by atoms with Crippen molar-refractivity contribution < 1.29 is 40.1 Å². The first kappa shape index (κ1) is 14.1. The summed E-state index contributed by atoms with van der Waals surface area (Å²) >= 11 is 0. The molecular formula is C14H17N3O8. The van der Waals surface area contributed by atoms with Crippen LogP contribution in [0.1, 0.15) is 0 Å². The van der Waals surface area contributed by atoms with Crippen LogP contribution in [-0.2, 0) is 9.47 Å². The lowest BCUT2D eigenvalue weighted by Gasteiger charge is -2.95. The summed E-state index contributed by atoms with van der Waals surface area (Å²) in [6, 6.07) is 0. The molecule has 7 fully saturated rings. The smallest absolute Gasteiger partial charge is 0.311 e. The number of aliphatic imine (C=N–C) groups is 1. The van der Waals surface area contributed by atoms with Gasteiger partial charge in [-0.3, -0.25) is 0 Å². The van der Waals surface area contributed by atoms with Crippen LogP contribution in [0.25, 0.3) is 0 Å². The van der Waals surface area contributed by atoms with Gasteiger partial charge in [-0.2, -0.15) is 0 Å². The largest absolute Gasteiger partial charge is 0.393 e. The molecule has 8 aliphatic rings. The van der Waals surface area contributed by atoms with Crippen LogP contribution in [0.3, 0.4) is 0 Å².